The lowest BCUT2D eigenvalue weighted by atomic mass is 9.88. The van der Waals surface area contributed by atoms with Gasteiger partial charge in [0, 0.05) is 43.6 Å². The maximum Gasteiger partial charge on any atom is 0.238 e. The zero-order chi connectivity index (χ0) is 46.1. The second kappa shape index (κ2) is 16.1. The average Bonchev–Trinajstić information content (AvgIpc) is 3.95. The molecule has 0 fully saturated rings. The van der Waals surface area contributed by atoms with Crippen LogP contribution < -0.4 is 0 Å². The van der Waals surface area contributed by atoms with Crippen LogP contribution in [-0.4, -0.2) is 24.1 Å². The summed E-state index contributed by atoms with van der Waals surface area (Å²) in [5.41, 5.74) is 13.7. The number of rotatable bonds is 7. The number of nitrogens with zero attached hydrogens (tertiary/aromatic N) is 5. The topological polar surface area (TPSA) is 48.5 Å². The Morgan fingerprint density at radius 1 is 0.257 bits per heavy atom. The van der Waals surface area contributed by atoms with E-state index in [0.29, 0.717) is 17.6 Å². The second-order valence-corrected chi connectivity index (χ2v) is 17.9. The molecule has 0 saturated heterocycles. The first kappa shape index (κ1) is 39.7. The van der Waals surface area contributed by atoms with Gasteiger partial charge in [-0.05, 0) is 80.4 Å². The van der Waals surface area contributed by atoms with Gasteiger partial charge in [-0.15, -0.1) is 0 Å². The van der Waals surface area contributed by atoms with E-state index < -0.39 is 0 Å². The lowest BCUT2D eigenvalue weighted by Gasteiger charge is -2.21. The monoisotopic (exact) mass is 891 g/mol. The standard InChI is InChI=1S/C65H41N5/c1-4-20-42(21-5-1)48-29-14-15-31-50(48)55-41-61(69-60-39-47-28-11-10-27-46(47)38-56(60)53-37-36-44-24-12-13-30-49(44)62(53)69)54(43-22-6-2-7-23-43)40-57(55)64-66-63(45-25-8-3-9-26-45)67-65(68-64)70-58-34-18-16-32-51(58)52-33-17-19-35-59(52)70/h1-41H. The maximum atomic E-state index is 5.60. The molecule has 11 aromatic carbocycles. The molecular formula is C65H41N5. The Kier molecular flexibility index (Phi) is 9.14. The largest absolute Gasteiger partial charge is 0.308 e. The van der Waals surface area contributed by atoms with Gasteiger partial charge in [0.25, 0.3) is 0 Å². The quantitative estimate of drug-likeness (QED) is 0.160. The summed E-state index contributed by atoms with van der Waals surface area (Å²) in [6.07, 6.45) is 0. The van der Waals surface area contributed by atoms with Crippen molar-refractivity contribution in [3.8, 4) is 67.8 Å². The van der Waals surface area contributed by atoms with Gasteiger partial charge in [0.1, 0.15) is 0 Å². The highest BCUT2D eigenvalue weighted by Gasteiger charge is 2.25. The summed E-state index contributed by atoms with van der Waals surface area (Å²) in [7, 11) is 0. The summed E-state index contributed by atoms with van der Waals surface area (Å²) in [5, 5.41) is 9.46. The SMILES string of the molecule is c1ccc(-c2nc(-c3cc(-c4ccccc4)c(-n4c5cc6ccccc6cc5c5ccc6ccccc6c54)cc3-c3ccccc3-c3ccccc3)nc(-n3c4ccccc4c4ccccc43)n2)cc1. The lowest BCUT2D eigenvalue weighted by molar-refractivity contribution is 0.953. The van der Waals surface area contributed by atoms with Gasteiger partial charge >= 0.3 is 0 Å². The number of hydrogen-bond acceptors (Lipinski definition) is 3. The van der Waals surface area contributed by atoms with Crippen LogP contribution in [0, 0.1) is 0 Å². The van der Waals surface area contributed by atoms with Crippen LogP contribution in [0.15, 0.2) is 249 Å². The third kappa shape index (κ3) is 6.36. The van der Waals surface area contributed by atoms with Crippen LogP contribution in [0.3, 0.4) is 0 Å². The normalized spacial score (nSPS) is 11.7. The minimum Gasteiger partial charge on any atom is -0.308 e. The minimum atomic E-state index is 0.551. The zero-order valence-corrected chi connectivity index (χ0v) is 37.9. The Morgan fingerprint density at radius 2 is 0.786 bits per heavy atom. The fraction of sp³-hybridized carbons (Fsp3) is 0. The molecule has 70 heavy (non-hydrogen) atoms. The van der Waals surface area contributed by atoms with Crippen LogP contribution in [0.5, 0.6) is 0 Å². The van der Waals surface area contributed by atoms with E-state index in [1.165, 1.54) is 32.3 Å². The second-order valence-electron chi connectivity index (χ2n) is 17.9. The Morgan fingerprint density at radius 3 is 1.47 bits per heavy atom. The molecule has 0 aliphatic rings. The number of aromatic nitrogens is 5. The molecule has 0 radical (unpaired) electrons. The molecule has 0 N–H and O–H groups in total. The zero-order valence-electron chi connectivity index (χ0n) is 37.9. The molecule has 14 rings (SSSR count). The van der Waals surface area contributed by atoms with Crippen LogP contribution in [0.4, 0.5) is 0 Å². The summed E-state index contributed by atoms with van der Waals surface area (Å²) in [6, 6.07) is 89.0. The van der Waals surface area contributed by atoms with Gasteiger partial charge in [-0.3, -0.25) is 4.57 Å². The van der Waals surface area contributed by atoms with Gasteiger partial charge < -0.3 is 4.57 Å². The average molecular weight is 892 g/mol. The molecule has 3 aromatic heterocycles. The summed E-state index contributed by atoms with van der Waals surface area (Å²) in [4.78, 5) is 16.4. The van der Waals surface area contributed by atoms with Crippen LogP contribution in [0.2, 0.25) is 0 Å². The van der Waals surface area contributed by atoms with E-state index >= 15 is 0 Å². The van der Waals surface area contributed by atoms with Crippen molar-refractivity contribution in [2.75, 3.05) is 0 Å². The fourth-order valence-corrected chi connectivity index (χ4v) is 10.8. The molecule has 5 nitrogen and oxygen atoms in total. The van der Waals surface area contributed by atoms with Crippen molar-refractivity contribution < 1.29 is 0 Å². The van der Waals surface area contributed by atoms with Crippen LogP contribution in [0.25, 0.3) is 133 Å². The molecule has 0 aliphatic carbocycles. The van der Waals surface area contributed by atoms with E-state index in [0.717, 1.165) is 83.0 Å². The van der Waals surface area contributed by atoms with E-state index in [2.05, 4.69) is 240 Å². The predicted molar refractivity (Wildman–Crippen MR) is 291 cm³/mol. The minimum absolute atomic E-state index is 0.551. The third-order valence-corrected chi connectivity index (χ3v) is 14.0. The molecule has 326 valence electrons. The van der Waals surface area contributed by atoms with E-state index in [-0.39, 0.29) is 0 Å². The molecular weight excluding hydrogens is 851 g/mol. The van der Waals surface area contributed by atoms with Crippen molar-refractivity contribution in [1.29, 1.82) is 0 Å². The Labute approximate surface area is 403 Å². The molecule has 0 saturated carbocycles. The number of fused-ring (bicyclic) bond motifs is 9. The van der Waals surface area contributed by atoms with Crippen molar-refractivity contribution in [2.24, 2.45) is 0 Å². The molecule has 0 unspecified atom stereocenters. The first-order valence-electron chi connectivity index (χ1n) is 23.8. The van der Waals surface area contributed by atoms with E-state index in [1.54, 1.807) is 0 Å². The molecule has 14 aromatic rings. The maximum absolute atomic E-state index is 5.60. The van der Waals surface area contributed by atoms with Crippen molar-refractivity contribution in [3.63, 3.8) is 0 Å². The lowest BCUT2D eigenvalue weighted by Crippen LogP contribution is -2.07. The number of para-hydroxylation sites is 2. The molecule has 3 heterocycles. The molecule has 5 heteroatoms. The summed E-state index contributed by atoms with van der Waals surface area (Å²) >= 11 is 0. The highest BCUT2D eigenvalue weighted by molar-refractivity contribution is 6.21. The fourth-order valence-electron chi connectivity index (χ4n) is 10.8. The Hall–Kier alpha value is -9.45. The summed E-state index contributed by atoms with van der Waals surface area (Å²) in [5.74, 6) is 1.72. The van der Waals surface area contributed by atoms with Gasteiger partial charge in [-0.2, -0.15) is 9.97 Å². The number of hydrogen-bond donors (Lipinski definition) is 0. The molecule has 0 aliphatic heterocycles. The van der Waals surface area contributed by atoms with Gasteiger partial charge in [0.05, 0.1) is 27.8 Å². The van der Waals surface area contributed by atoms with Gasteiger partial charge in [-0.1, -0.05) is 212 Å². The first-order chi connectivity index (χ1) is 34.7. The molecule has 0 atom stereocenters. The van der Waals surface area contributed by atoms with Crippen molar-refractivity contribution in [2.45, 2.75) is 0 Å². The highest BCUT2D eigenvalue weighted by Crippen LogP contribution is 2.46. The van der Waals surface area contributed by atoms with E-state index in [1.807, 2.05) is 18.2 Å². The third-order valence-electron chi connectivity index (χ3n) is 14.0. The van der Waals surface area contributed by atoms with Crippen molar-refractivity contribution in [3.05, 3.63) is 249 Å². The summed E-state index contributed by atoms with van der Waals surface area (Å²) < 4.78 is 4.71. The van der Waals surface area contributed by atoms with Crippen LogP contribution in [-0.2, 0) is 0 Å². The number of benzene rings is 11. The Balaban J connectivity index is 1.16. The highest BCUT2D eigenvalue weighted by atomic mass is 15.2. The van der Waals surface area contributed by atoms with Gasteiger partial charge in [0.15, 0.2) is 11.6 Å². The Bertz CT molecular complexity index is 4290. The summed E-state index contributed by atoms with van der Waals surface area (Å²) in [6.45, 7) is 0. The van der Waals surface area contributed by atoms with Crippen molar-refractivity contribution >= 4 is 65.2 Å². The van der Waals surface area contributed by atoms with Crippen LogP contribution in [0.1, 0.15) is 0 Å². The molecule has 0 amide bonds. The van der Waals surface area contributed by atoms with Gasteiger partial charge in [-0.25, -0.2) is 4.98 Å². The molecule has 0 bridgehead atoms. The van der Waals surface area contributed by atoms with Crippen LogP contribution >= 0.6 is 0 Å². The first-order valence-corrected chi connectivity index (χ1v) is 23.8. The molecule has 0 spiro atoms. The van der Waals surface area contributed by atoms with Gasteiger partial charge in [0.2, 0.25) is 5.95 Å². The van der Waals surface area contributed by atoms with E-state index in [9.17, 15) is 0 Å². The van der Waals surface area contributed by atoms with E-state index in [4.69, 9.17) is 15.0 Å². The van der Waals surface area contributed by atoms with Crippen molar-refractivity contribution in [1.82, 2.24) is 24.1 Å². The smallest absolute Gasteiger partial charge is 0.238 e. The predicted octanol–water partition coefficient (Wildman–Crippen LogP) is 16.7.